The Morgan fingerprint density at radius 1 is 0.541 bits per heavy atom. The molecule has 3 atom stereocenters. The molecule has 0 rings (SSSR count). The fourth-order valence-corrected chi connectivity index (χ4v) is 6.53. The first-order chi connectivity index (χ1) is 29.7. The maximum Gasteiger partial charge on any atom is 0.472 e. The van der Waals surface area contributed by atoms with Crippen LogP contribution in [0.2, 0.25) is 0 Å². The molecular formula is C50H84NO9P. The maximum absolute atomic E-state index is 12.6. The van der Waals surface area contributed by atoms with Crippen LogP contribution in [0.3, 0.4) is 0 Å². The van der Waals surface area contributed by atoms with Crippen LogP contribution in [-0.2, 0) is 32.7 Å². The maximum atomic E-state index is 12.6. The second kappa shape index (κ2) is 44.9. The van der Waals surface area contributed by atoms with Gasteiger partial charge in [-0.05, 0) is 96.3 Å². The number of phosphoric acid groups is 1. The molecule has 0 aromatic rings. The van der Waals surface area contributed by atoms with Gasteiger partial charge in [0.2, 0.25) is 0 Å². The quantitative estimate of drug-likeness (QED) is 0.0233. The van der Waals surface area contributed by atoms with E-state index in [1.165, 1.54) is 19.3 Å². The van der Waals surface area contributed by atoms with E-state index >= 15 is 0 Å². The molecule has 0 radical (unpaired) electrons. The number of esters is 1. The van der Waals surface area contributed by atoms with Gasteiger partial charge in [-0.25, -0.2) is 4.57 Å². The summed E-state index contributed by atoms with van der Waals surface area (Å²) in [6, 6.07) is -1.48. The summed E-state index contributed by atoms with van der Waals surface area (Å²) >= 11 is 0. The summed E-state index contributed by atoms with van der Waals surface area (Å²) in [6.07, 6.45) is 58.9. The Labute approximate surface area is 370 Å². The van der Waals surface area contributed by atoms with E-state index in [2.05, 4.69) is 111 Å². The average Bonchev–Trinajstić information content (AvgIpc) is 3.24. The molecular weight excluding hydrogens is 790 g/mol. The van der Waals surface area contributed by atoms with Crippen LogP contribution in [0.15, 0.2) is 97.2 Å². The normalized spacial score (nSPS) is 14.7. The van der Waals surface area contributed by atoms with Crippen LogP contribution in [0, 0.1) is 0 Å². The Morgan fingerprint density at radius 3 is 1.43 bits per heavy atom. The third-order valence-electron chi connectivity index (χ3n) is 9.35. The molecule has 0 heterocycles. The molecule has 0 spiro atoms. The molecule has 0 aliphatic carbocycles. The Balaban J connectivity index is 4.28. The molecule has 0 saturated heterocycles. The van der Waals surface area contributed by atoms with Gasteiger partial charge >= 0.3 is 19.8 Å². The van der Waals surface area contributed by atoms with Crippen LogP contribution >= 0.6 is 7.82 Å². The molecule has 0 bridgehead atoms. The lowest BCUT2D eigenvalue weighted by Gasteiger charge is -2.20. The number of phosphoric ester groups is 1. The van der Waals surface area contributed by atoms with E-state index in [0.717, 1.165) is 122 Å². The van der Waals surface area contributed by atoms with Crippen molar-refractivity contribution in [2.45, 2.75) is 180 Å². The second-order valence-corrected chi connectivity index (χ2v) is 16.6. The number of unbranched alkanes of at least 4 members (excludes halogenated alkanes) is 13. The summed E-state index contributed by atoms with van der Waals surface area (Å²) in [5.74, 6) is -1.81. The van der Waals surface area contributed by atoms with E-state index in [0.29, 0.717) is 13.0 Å². The van der Waals surface area contributed by atoms with E-state index in [1.807, 2.05) is 0 Å². The molecule has 0 amide bonds. The number of carboxylic acids is 1. The number of ether oxygens (including phenoxy) is 2. The zero-order chi connectivity index (χ0) is 44.8. The Hall–Kier alpha value is -3.11. The predicted octanol–water partition coefficient (Wildman–Crippen LogP) is 13.3. The van der Waals surface area contributed by atoms with E-state index < -0.39 is 45.1 Å². The fraction of sp³-hybridized carbons (Fsp3) is 0.640. The SMILES string of the molecule is CC/C=C\C/C=C\C/C=C\C/C=C\C/C=C\C/C=C\CCCCCCCOCC(COP(=O)(O)OCC(N)C(=O)O)OC(=O)CCCCCCC/C=C\C/C=C\CCCCC. The van der Waals surface area contributed by atoms with Crippen molar-refractivity contribution in [3.63, 3.8) is 0 Å². The average molecular weight is 874 g/mol. The number of hydrogen-bond donors (Lipinski definition) is 3. The van der Waals surface area contributed by atoms with Gasteiger partial charge in [-0.15, -0.1) is 0 Å². The third kappa shape index (κ3) is 44.7. The molecule has 0 aromatic heterocycles. The number of hydrogen-bond acceptors (Lipinski definition) is 8. The number of carboxylic acid groups (broad SMARTS) is 1. The Morgan fingerprint density at radius 2 is 0.951 bits per heavy atom. The molecule has 0 aliphatic heterocycles. The summed E-state index contributed by atoms with van der Waals surface area (Å²) < 4.78 is 33.4. The van der Waals surface area contributed by atoms with Crippen molar-refractivity contribution in [3.05, 3.63) is 97.2 Å². The zero-order valence-electron chi connectivity index (χ0n) is 38.0. The van der Waals surface area contributed by atoms with Gasteiger partial charge < -0.3 is 25.2 Å². The van der Waals surface area contributed by atoms with Gasteiger partial charge in [0.05, 0.1) is 19.8 Å². The highest BCUT2D eigenvalue weighted by atomic mass is 31.2. The van der Waals surface area contributed by atoms with E-state index in [1.54, 1.807) is 0 Å². The number of allylic oxidation sites excluding steroid dienone is 16. The predicted molar refractivity (Wildman–Crippen MR) is 253 cm³/mol. The largest absolute Gasteiger partial charge is 0.480 e. The molecule has 0 saturated carbocycles. The molecule has 348 valence electrons. The standard InChI is InChI=1S/C50H84NO9P/c1-3-5-7-9-11-13-15-17-19-20-21-22-23-24-25-26-27-29-31-33-35-37-39-41-43-57-44-47(45-58-61(55,56)59-46-48(51)50(53)54)60-49(52)42-40-38-36-34-32-30-28-18-16-14-12-10-8-6-4-2/h5,7,11-14,17-19,21-22,24-25,27-29,47-48H,3-4,6,8-10,15-16,20,23,26,30-46,51H2,1-2H3,(H,53,54)(H,55,56)/b7-5-,13-11-,14-12-,19-17-,22-21-,25-24-,28-18-,29-27-. The summed E-state index contributed by atoms with van der Waals surface area (Å²) in [5, 5.41) is 8.91. The van der Waals surface area contributed by atoms with Crippen LogP contribution in [0.1, 0.15) is 168 Å². The smallest absolute Gasteiger partial charge is 0.472 e. The topological polar surface area (TPSA) is 155 Å². The van der Waals surface area contributed by atoms with Gasteiger partial charge in [0.15, 0.2) is 0 Å². The second-order valence-electron chi connectivity index (χ2n) is 15.1. The van der Waals surface area contributed by atoms with Crippen molar-refractivity contribution >= 4 is 19.8 Å². The van der Waals surface area contributed by atoms with Gasteiger partial charge in [0.25, 0.3) is 0 Å². The van der Waals surface area contributed by atoms with Crippen LogP contribution < -0.4 is 5.73 Å². The number of carbonyl (C=O) groups is 2. The third-order valence-corrected chi connectivity index (χ3v) is 10.3. The minimum absolute atomic E-state index is 0.00870. The van der Waals surface area contributed by atoms with Crippen LogP contribution in [0.4, 0.5) is 0 Å². The lowest BCUT2D eigenvalue weighted by atomic mass is 10.1. The Kier molecular flexibility index (Phi) is 42.6. The van der Waals surface area contributed by atoms with Gasteiger partial charge in [-0.2, -0.15) is 0 Å². The fourth-order valence-electron chi connectivity index (χ4n) is 5.75. The highest BCUT2D eigenvalue weighted by Gasteiger charge is 2.27. The molecule has 4 N–H and O–H groups in total. The number of nitrogens with two attached hydrogens (primary N) is 1. The molecule has 0 aromatic carbocycles. The monoisotopic (exact) mass is 874 g/mol. The Bertz CT molecular complexity index is 1330. The van der Waals surface area contributed by atoms with Crippen LogP contribution in [-0.4, -0.2) is 60.5 Å². The first-order valence-electron chi connectivity index (χ1n) is 23.3. The first-order valence-corrected chi connectivity index (χ1v) is 24.8. The number of carbonyl (C=O) groups excluding carboxylic acids is 1. The summed E-state index contributed by atoms with van der Waals surface area (Å²) in [7, 11) is -4.64. The minimum atomic E-state index is -4.64. The van der Waals surface area contributed by atoms with E-state index in [4.69, 9.17) is 29.4 Å². The molecule has 61 heavy (non-hydrogen) atoms. The minimum Gasteiger partial charge on any atom is -0.480 e. The van der Waals surface area contributed by atoms with E-state index in [9.17, 15) is 19.0 Å². The first kappa shape index (κ1) is 57.9. The number of aliphatic carboxylic acids is 1. The summed E-state index contributed by atoms with van der Waals surface area (Å²) in [6.45, 7) is 3.65. The summed E-state index contributed by atoms with van der Waals surface area (Å²) in [4.78, 5) is 33.6. The number of rotatable bonds is 43. The van der Waals surface area contributed by atoms with E-state index in [-0.39, 0.29) is 13.0 Å². The zero-order valence-corrected chi connectivity index (χ0v) is 38.9. The highest BCUT2D eigenvalue weighted by Crippen LogP contribution is 2.43. The molecule has 3 unspecified atom stereocenters. The molecule has 11 heteroatoms. The van der Waals surface area contributed by atoms with Crippen molar-refractivity contribution in [2.75, 3.05) is 26.4 Å². The highest BCUT2D eigenvalue weighted by molar-refractivity contribution is 7.47. The van der Waals surface area contributed by atoms with Crippen molar-refractivity contribution < 1.29 is 42.7 Å². The van der Waals surface area contributed by atoms with Gasteiger partial charge in [0.1, 0.15) is 12.1 Å². The van der Waals surface area contributed by atoms with Crippen molar-refractivity contribution in [1.82, 2.24) is 0 Å². The summed E-state index contributed by atoms with van der Waals surface area (Å²) in [5.41, 5.74) is 5.36. The van der Waals surface area contributed by atoms with Gasteiger partial charge in [-0.3, -0.25) is 18.6 Å². The molecule has 0 fully saturated rings. The van der Waals surface area contributed by atoms with Crippen LogP contribution in [0.5, 0.6) is 0 Å². The molecule has 0 aliphatic rings. The van der Waals surface area contributed by atoms with Crippen LogP contribution in [0.25, 0.3) is 0 Å². The lowest BCUT2D eigenvalue weighted by Crippen LogP contribution is -2.34. The van der Waals surface area contributed by atoms with Gasteiger partial charge in [0, 0.05) is 13.0 Å². The van der Waals surface area contributed by atoms with Crippen molar-refractivity contribution in [1.29, 1.82) is 0 Å². The van der Waals surface area contributed by atoms with Crippen molar-refractivity contribution in [3.8, 4) is 0 Å². The lowest BCUT2D eigenvalue weighted by molar-refractivity contribution is -0.154. The van der Waals surface area contributed by atoms with Crippen molar-refractivity contribution in [2.24, 2.45) is 5.73 Å². The molecule has 10 nitrogen and oxygen atoms in total. The van der Waals surface area contributed by atoms with Gasteiger partial charge in [-0.1, -0.05) is 162 Å².